The zero-order valence-electron chi connectivity index (χ0n) is 12.9. The average Bonchev–Trinajstić information content (AvgIpc) is 2.60. The van der Waals surface area contributed by atoms with Crippen molar-refractivity contribution in [2.45, 2.75) is 16.9 Å². The molecular weight excluding hydrogens is 312 g/mol. The highest BCUT2D eigenvalue weighted by Crippen LogP contribution is 2.48. The zero-order chi connectivity index (χ0) is 16.0. The Kier molecular flexibility index (Phi) is 3.45. The maximum absolute atomic E-state index is 13.0. The maximum Gasteiger partial charge on any atom is 0.177 e. The summed E-state index contributed by atoms with van der Waals surface area (Å²) in [5.41, 5.74) is 1.62. The first-order valence-electron chi connectivity index (χ1n) is 7.41. The lowest BCUT2D eigenvalue weighted by Gasteiger charge is -2.37. The maximum atomic E-state index is 13.0. The van der Waals surface area contributed by atoms with Crippen molar-refractivity contribution in [1.29, 1.82) is 0 Å². The molecule has 4 rings (SSSR count). The fraction of sp³-hybridized carbons (Fsp3) is 0.278. The highest BCUT2D eigenvalue weighted by Gasteiger charge is 2.42. The summed E-state index contributed by atoms with van der Waals surface area (Å²) >= 11 is 1.69. The van der Waals surface area contributed by atoms with Gasteiger partial charge in [-0.2, -0.15) is 0 Å². The number of carbonyl (C=O) groups excluding carboxylic acids is 1. The number of rotatable bonds is 2. The molecule has 0 radical (unpaired) electrons. The van der Waals surface area contributed by atoms with E-state index in [0.29, 0.717) is 22.8 Å². The average molecular weight is 328 g/mol. The molecule has 0 saturated carbocycles. The molecule has 2 aliphatic heterocycles. The van der Waals surface area contributed by atoms with E-state index in [4.69, 9.17) is 14.2 Å². The molecule has 4 nitrogen and oxygen atoms in total. The van der Waals surface area contributed by atoms with Gasteiger partial charge in [-0.3, -0.25) is 4.79 Å². The van der Waals surface area contributed by atoms with Gasteiger partial charge in [0.1, 0.15) is 11.9 Å². The van der Waals surface area contributed by atoms with Crippen LogP contribution >= 0.6 is 11.8 Å². The Morgan fingerprint density at radius 1 is 1.13 bits per heavy atom. The van der Waals surface area contributed by atoms with E-state index in [9.17, 15) is 4.79 Å². The van der Waals surface area contributed by atoms with E-state index in [-0.39, 0.29) is 17.8 Å². The van der Waals surface area contributed by atoms with Crippen LogP contribution in [0.3, 0.4) is 0 Å². The molecule has 5 heteroatoms. The number of hydrogen-bond acceptors (Lipinski definition) is 5. The van der Waals surface area contributed by atoms with Crippen LogP contribution in [0.2, 0.25) is 0 Å². The van der Waals surface area contributed by atoms with E-state index >= 15 is 0 Å². The van der Waals surface area contributed by atoms with Gasteiger partial charge in [0, 0.05) is 10.6 Å². The van der Waals surface area contributed by atoms with E-state index in [0.717, 1.165) is 16.2 Å². The standard InChI is InChI=1S/C18H16O4S/c1-20-13-7-11-16(8-14(13)21-2)23-9-15-17(11)18(19)10-5-3-4-6-12(10)22-15/h3-8,15,17H,9H2,1-2H3/t15-,17+/m1/s1. The number of carbonyl (C=O) groups is 1. The molecule has 0 saturated heterocycles. The third-order valence-electron chi connectivity index (χ3n) is 4.34. The van der Waals surface area contributed by atoms with Crippen LogP contribution in [0.15, 0.2) is 41.3 Å². The molecule has 2 heterocycles. The Hall–Kier alpha value is -2.14. The van der Waals surface area contributed by atoms with Crippen molar-refractivity contribution >= 4 is 17.5 Å². The summed E-state index contributed by atoms with van der Waals surface area (Å²) in [5, 5.41) is 0. The highest BCUT2D eigenvalue weighted by molar-refractivity contribution is 7.99. The van der Waals surface area contributed by atoms with E-state index in [2.05, 4.69) is 0 Å². The molecule has 0 aromatic heterocycles. The third kappa shape index (κ3) is 2.18. The summed E-state index contributed by atoms with van der Waals surface area (Å²) in [7, 11) is 3.22. The van der Waals surface area contributed by atoms with Crippen molar-refractivity contribution in [3.8, 4) is 17.2 Å². The molecule has 0 unspecified atom stereocenters. The van der Waals surface area contributed by atoms with Gasteiger partial charge in [0.2, 0.25) is 0 Å². The molecule has 0 amide bonds. The minimum Gasteiger partial charge on any atom is -0.493 e. The normalized spacial score (nSPS) is 21.6. The first-order chi connectivity index (χ1) is 11.2. The molecule has 0 fully saturated rings. The zero-order valence-corrected chi connectivity index (χ0v) is 13.7. The number of ether oxygens (including phenoxy) is 3. The predicted octanol–water partition coefficient (Wildman–Crippen LogP) is 3.54. The van der Waals surface area contributed by atoms with Gasteiger partial charge in [-0.05, 0) is 29.8 Å². The fourth-order valence-electron chi connectivity index (χ4n) is 3.23. The van der Waals surface area contributed by atoms with E-state index < -0.39 is 0 Å². The molecule has 2 aromatic rings. The first kappa shape index (κ1) is 14.5. The van der Waals surface area contributed by atoms with Crippen molar-refractivity contribution in [3.05, 3.63) is 47.5 Å². The van der Waals surface area contributed by atoms with Crippen LogP contribution in [0.5, 0.6) is 17.2 Å². The molecule has 118 valence electrons. The molecular formula is C18H16O4S. The number of fused-ring (bicyclic) bond motifs is 4. The van der Waals surface area contributed by atoms with Crippen LogP contribution < -0.4 is 14.2 Å². The number of ketones is 1. The lowest BCUT2D eigenvalue weighted by Crippen LogP contribution is -2.40. The van der Waals surface area contributed by atoms with Gasteiger partial charge < -0.3 is 14.2 Å². The summed E-state index contributed by atoms with van der Waals surface area (Å²) in [5.74, 6) is 2.57. The molecule has 0 N–H and O–H groups in total. The quantitative estimate of drug-likeness (QED) is 0.844. The Morgan fingerprint density at radius 2 is 1.87 bits per heavy atom. The predicted molar refractivity (Wildman–Crippen MR) is 88.2 cm³/mol. The molecule has 23 heavy (non-hydrogen) atoms. The monoisotopic (exact) mass is 328 g/mol. The third-order valence-corrected chi connectivity index (χ3v) is 5.50. The topological polar surface area (TPSA) is 44.8 Å². The summed E-state index contributed by atoms with van der Waals surface area (Å²) < 4.78 is 16.8. The van der Waals surface area contributed by atoms with Gasteiger partial charge in [0.25, 0.3) is 0 Å². The Balaban J connectivity index is 1.84. The first-order valence-corrected chi connectivity index (χ1v) is 8.40. The van der Waals surface area contributed by atoms with Gasteiger partial charge in [-0.25, -0.2) is 0 Å². The van der Waals surface area contributed by atoms with Crippen molar-refractivity contribution < 1.29 is 19.0 Å². The minimum absolute atomic E-state index is 0.116. The van der Waals surface area contributed by atoms with Crippen molar-refractivity contribution in [2.75, 3.05) is 20.0 Å². The highest BCUT2D eigenvalue weighted by atomic mass is 32.2. The SMILES string of the molecule is COc1cc2c(cc1OC)[C@@H]1C(=O)c3ccccc3O[C@@H]1CS2. The van der Waals surface area contributed by atoms with E-state index in [1.54, 1.807) is 26.0 Å². The van der Waals surface area contributed by atoms with Crippen molar-refractivity contribution in [3.63, 3.8) is 0 Å². The van der Waals surface area contributed by atoms with E-state index in [1.165, 1.54) is 0 Å². The molecule has 2 aromatic carbocycles. The number of benzene rings is 2. The smallest absolute Gasteiger partial charge is 0.177 e. The second kappa shape index (κ2) is 5.49. The molecule has 2 atom stereocenters. The summed E-state index contributed by atoms with van der Waals surface area (Å²) in [6.07, 6.45) is -0.145. The Labute approximate surface area is 138 Å². The van der Waals surface area contributed by atoms with Crippen LogP contribution in [0.1, 0.15) is 21.8 Å². The lowest BCUT2D eigenvalue weighted by atomic mass is 9.83. The number of hydrogen-bond donors (Lipinski definition) is 0. The summed E-state index contributed by atoms with van der Waals surface area (Å²) in [6.45, 7) is 0. The van der Waals surface area contributed by atoms with Gasteiger partial charge in [-0.1, -0.05) is 12.1 Å². The van der Waals surface area contributed by atoms with Gasteiger partial charge in [0.05, 0.1) is 25.7 Å². The lowest BCUT2D eigenvalue weighted by molar-refractivity contribution is 0.0809. The van der Waals surface area contributed by atoms with Crippen molar-refractivity contribution in [1.82, 2.24) is 0 Å². The van der Waals surface area contributed by atoms with Crippen LogP contribution in [0.25, 0.3) is 0 Å². The van der Waals surface area contributed by atoms with Gasteiger partial charge in [-0.15, -0.1) is 11.8 Å². The van der Waals surface area contributed by atoms with E-state index in [1.807, 2.05) is 36.4 Å². The Bertz CT molecular complexity index is 787. The molecule has 2 aliphatic rings. The number of thioether (sulfide) groups is 1. The Morgan fingerprint density at radius 3 is 2.65 bits per heavy atom. The second-order valence-corrected chi connectivity index (χ2v) is 6.61. The molecule has 0 aliphatic carbocycles. The van der Waals surface area contributed by atoms with Crippen LogP contribution in [-0.4, -0.2) is 31.9 Å². The van der Waals surface area contributed by atoms with Crippen LogP contribution in [0.4, 0.5) is 0 Å². The number of methoxy groups -OCH3 is 2. The molecule has 0 spiro atoms. The largest absolute Gasteiger partial charge is 0.493 e. The van der Waals surface area contributed by atoms with Gasteiger partial charge in [0.15, 0.2) is 17.3 Å². The van der Waals surface area contributed by atoms with Crippen LogP contribution in [0, 0.1) is 0 Å². The molecule has 0 bridgehead atoms. The number of para-hydroxylation sites is 1. The second-order valence-electron chi connectivity index (χ2n) is 5.55. The summed E-state index contributed by atoms with van der Waals surface area (Å²) in [4.78, 5) is 14.1. The van der Waals surface area contributed by atoms with Gasteiger partial charge >= 0.3 is 0 Å². The fourth-order valence-corrected chi connectivity index (χ4v) is 4.38. The minimum atomic E-state index is -0.291. The summed E-state index contributed by atoms with van der Waals surface area (Å²) in [6, 6.07) is 11.3. The number of Topliss-reactive ketones (excluding diaryl/α,β-unsaturated/α-hetero) is 1. The van der Waals surface area contributed by atoms with Crippen LogP contribution in [-0.2, 0) is 0 Å². The van der Waals surface area contributed by atoms with Crippen molar-refractivity contribution in [2.24, 2.45) is 0 Å².